The second-order valence-electron chi connectivity index (χ2n) is 7.37. The van der Waals surface area contributed by atoms with Gasteiger partial charge in [0.05, 0.1) is 23.9 Å². The van der Waals surface area contributed by atoms with Crippen LogP contribution in [-0.4, -0.2) is 17.8 Å². The Kier molecular flexibility index (Phi) is 5.82. The van der Waals surface area contributed by atoms with E-state index in [1.807, 2.05) is 56.3 Å². The summed E-state index contributed by atoms with van der Waals surface area (Å²) >= 11 is 0. The van der Waals surface area contributed by atoms with Crippen molar-refractivity contribution in [2.24, 2.45) is 0 Å². The number of methoxy groups -OCH3 is 1. The summed E-state index contributed by atoms with van der Waals surface area (Å²) in [6.07, 6.45) is -0.561. The number of aryl methyl sites for hydroxylation is 2. The summed E-state index contributed by atoms with van der Waals surface area (Å²) in [5, 5.41) is 13.5. The number of hydrogen-bond acceptors (Lipinski definition) is 4. The van der Waals surface area contributed by atoms with Gasteiger partial charge in [-0.1, -0.05) is 29.8 Å². The average molecular weight is 425 g/mol. The fraction of sp³-hybridized carbons (Fsp3) is 0.154. The number of fused-ring (bicyclic) bond motifs is 1. The monoisotopic (exact) mass is 425 g/mol. The molecule has 160 valence electrons. The van der Waals surface area contributed by atoms with Crippen molar-refractivity contribution in [1.82, 2.24) is 4.57 Å². The van der Waals surface area contributed by atoms with Gasteiger partial charge in [-0.05, 0) is 55.8 Å². The average Bonchev–Trinajstić information content (AvgIpc) is 3.13. The van der Waals surface area contributed by atoms with Crippen LogP contribution in [0, 0.1) is 18.3 Å². The lowest BCUT2D eigenvalue weighted by molar-refractivity contribution is 0.215. The maximum absolute atomic E-state index is 12.2. The predicted molar refractivity (Wildman–Crippen MR) is 125 cm³/mol. The number of amides is 1. The molecule has 0 bridgehead atoms. The van der Waals surface area contributed by atoms with Crippen LogP contribution in [-0.2, 0) is 6.54 Å². The zero-order valence-electron chi connectivity index (χ0n) is 18.2. The van der Waals surface area contributed by atoms with Crippen LogP contribution >= 0.6 is 0 Å². The summed E-state index contributed by atoms with van der Waals surface area (Å²) in [7, 11) is 1.63. The molecule has 0 saturated heterocycles. The van der Waals surface area contributed by atoms with Crippen molar-refractivity contribution in [1.29, 1.82) is 5.26 Å². The molecule has 0 spiro atoms. The molecule has 0 radical (unpaired) electrons. The molecule has 0 fully saturated rings. The fourth-order valence-corrected chi connectivity index (χ4v) is 3.77. The van der Waals surface area contributed by atoms with Crippen LogP contribution in [0.3, 0.4) is 0 Å². The first-order valence-corrected chi connectivity index (χ1v) is 10.3. The molecule has 0 atom stereocenters. The van der Waals surface area contributed by atoms with Crippen LogP contribution in [0.1, 0.15) is 18.1 Å². The minimum absolute atomic E-state index is 0.478. The minimum Gasteiger partial charge on any atom is -0.497 e. The third kappa shape index (κ3) is 4.01. The summed E-state index contributed by atoms with van der Waals surface area (Å²) in [6.45, 7) is 4.71. The normalized spacial score (nSPS) is 10.6. The molecule has 32 heavy (non-hydrogen) atoms. The van der Waals surface area contributed by atoms with Crippen LogP contribution < -0.4 is 14.8 Å². The topological polar surface area (TPSA) is 76.3 Å². The standard InChI is InChI=1S/C26H23N3O3/c1-4-29-24-15-21(31-3)13-14-22(24)23(16-27)25(29)18-7-9-19(10-8-18)28-26(30)32-20-11-5-17(2)6-12-20/h5-15H,4H2,1-3H3,(H,28,30). The molecule has 0 saturated carbocycles. The van der Waals surface area contributed by atoms with Gasteiger partial charge in [0.1, 0.15) is 17.6 Å². The lowest BCUT2D eigenvalue weighted by atomic mass is 10.1. The van der Waals surface area contributed by atoms with Gasteiger partial charge in [-0.25, -0.2) is 4.79 Å². The molecular formula is C26H23N3O3. The van der Waals surface area contributed by atoms with Gasteiger partial charge in [-0.15, -0.1) is 0 Å². The molecule has 6 heteroatoms. The SMILES string of the molecule is CCn1c(-c2ccc(NC(=O)Oc3ccc(C)cc3)cc2)c(C#N)c2ccc(OC)cc21. The van der Waals surface area contributed by atoms with E-state index in [4.69, 9.17) is 9.47 Å². The van der Waals surface area contributed by atoms with E-state index in [2.05, 4.69) is 16.0 Å². The zero-order valence-corrected chi connectivity index (χ0v) is 18.2. The first kappa shape index (κ1) is 21.0. The Bertz CT molecular complexity index is 1310. The van der Waals surface area contributed by atoms with E-state index in [1.54, 1.807) is 31.4 Å². The number of carbonyl (C=O) groups is 1. The Labute approximate surface area is 186 Å². The summed E-state index contributed by atoms with van der Waals surface area (Å²) in [5.74, 6) is 1.22. The quantitative estimate of drug-likeness (QED) is 0.417. The maximum Gasteiger partial charge on any atom is 0.417 e. The Hall–Kier alpha value is -4.24. The number of carbonyl (C=O) groups excluding carboxylic acids is 1. The second kappa shape index (κ2) is 8.86. The summed E-state index contributed by atoms with van der Waals surface area (Å²) in [5.41, 5.74) is 4.98. The van der Waals surface area contributed by atoms with Gasteiger partial charge in [-0.3, -0.25) is 5.32 Å². The number of hydrogen-bond donors (Lipinski definition) is 1. The van der Waals surface area contributed by atoms with Crippen LogP contribution in [0.15, 0.2) is 66.7 Å². The molecule has 4 aromatic rings. The van der Waals surface area contributed by atoms with E-state index in [9.17, 15) is 10.1 Å². The number of ether oxygens (including phenoxy) is 2. The summed E-state index contributed by atoms with van der Waals surface area (Å²) in [6, 6.07) is 22.7. The summed E-state index contributed by atoms with van der Waals surface area (Å²) < 4.78 is 12.8. The molecule has 4 rings (SSSR count). The van der Waals surface area contributed by atoms with Crippen molar-refractivity contribution < 1.29 is 14.3 Å². The smallest absolute Gasteiger partial charge is 0.417 e. The van der Waals surface area contributed by atoms with Gasteiger partial charge in [0.25, 0.3) is 0 Å². The molecule has 0 aliphatic heterocycles. The first-order chi connectivity index (χ1) is 15.5. The lowest BCUT2D eigenvalue weighted by Gasteiger charge is -2.11. The fourth-order valence-electron chi connectivity index (χ4n) is 3.77. The molecule has 6 nitrogen and oxygen atoms in total. The van der Waals surface area contributed by atoms with Crippen molar-refractivity contribution in [2.45, 2.75) is 20.4 Å². The zero-order chi connectivity index (χ0) is 22.7. The number of nitrogens with one attached hydrogen (secondary N) is 1. The highest BCUT2D eigenvalue weighted by Gasteiger charge is 2.18. The molecule has 1 N–H and O–H groups in total. The Morgan fingerprint density at radius 3 is 2.34 bits per heavy atom. The second-order valence-corrected chi connectivity index (χ2v) is 7.37. The van der Waals surface area contributed by atoms with Crippen molar-refractivity contribution in [3.8, 4) is 28.8 Å². The molecule has 1 heterocycles. The van der Waals surface area contributed by atoms with Gasteiger partial charge in [0.2, 0.25) is 0 Å². The largest absolute Gasteiger partial charge is 0.497 e. The van der Waals surface area contributed by atoms with Crippen molar-refractivity contribution >= 4 is 22.7 Å². The number of nitriles is 1. The summed E-state index contributed by atoms with van der Waals surface area (Å²) in [4.78, 5) is 12.2. The third-order valence-corrected chi connectivity index (χ3v) is 5.34. The highest BCUT2D eigenvalue weighted by molar-refractivity contribution is 5.95. The number of benzene rings is 3. The van der Waals surface area contributed by atoms with E-state index in [-0.39, 0.29) is 0 Å². The van der Waals surface area contributed by atoms with Crippen molar-refractivity contribution in [3.63, 3.8) is 0 Å². The van der Waals surface area contributed by atoms with E-state index in [1.165, 1.54) is 0 Å². The van der Waals surface area contributed by atoms with Gasteiger partial charge >= 0.3 is 6.09 Å². The van der Waals surface area contributed by atoms with E-state index in [0.717, 1.165) is 33.5 Å². The maximum atomic E-state index is 12.2. The van der Waals surface area contributed by atoms with Crippen molar-refractivity contribution in [3.05, 3.63) is 77.9 Å². The van der Waals surface area contributed by atoms with Gasteiger partial charge in [0, 0.05) is 23.7 Å². The van der Waals surface area contributed by atoms with Crippen molar-refractivity contribution in [2.75, 3.05) is 12.4 Å². The van der Waals surface area contributed by atoms with Gasteiger partial charge < -0.3 is 14.0 Å². The minimum atomic E-state index is -0.561. The Morgan fingerprint density at radius 2 is 1.72 bits per heavy atom. The van der Waals surface area contributed by atoms with E-state index < -0.39 is 6.09 Å². The molecule has 0 aliphatic carbocycles. The number of rotatable bonds is 5. The molecule has 0 unspecified atom stereocenters. The van der Waals surface area contributed by atoms with Crippen LogP contribution in [0.2, 0.25) is 0 Å². The van der Waals surface area contributed by atoms with E-state index >= 15 is 0 Å². The number of nitrogens with zero attached hydrogens (tertiary/aromatic N) is 2. The first-order valence-electron chi connectivity index (χ1n) is 10.3. The van der Waals surface area contributed by atoms with Gasteiger partial charge in [-0.2, -0.15) is 5.26 Å². The number of anilines is 1. The molecule has 1 aromatic heterocycles. The molecule has 1 amide bonds. The van der Waals surface area contributed by atoms with E-state index in [0.29, 0.717) is 23.5 Å². The molecule has 3 aromatic carbocycles. The highest BCUT2D eigenvalue weighted by atomic mass is 16.6. The highest BCUT2D eigenvalue weighted by Crippen LogP contribution is 2.35. The van der Waals surface area contributed by atoms with Crippen LogP contribution in [0.5, 0.6) is 11.5 Å². The Morgan fingerprint density at radius 1 is 1.03 bits per heavy atom. The molecule has 0 aliphatic rings. The predicted octanol–water partition coefficient (Wildman–Crippen LogP) is 6.13. The Balaban J connectivity index is 1.62. The van der Waals surface area contributed by atoms with Gasteiger partial charge in [0.15, 0.2) is 0 Å². The lowest BCUT2D eigenvalue weighted by Crippen LogP contribution is -2.16. The number of aromatic nitrogens is 1. The third-order valence-electron chi connectivity index (χ3n) is 5.34. The molecular weight excluding hydrogens is 402 g/mol. The van der Waals surface area contributed by atoms with Crippen LogP contribution in [0.25, 0.3) is 22.2 Å². The van der Waals surface area contributed by atoms with Crippen LogP contribution in [0.4, 0.5) is 10.5 Å².